The van der Waals surface area contributed by atoms with Crippen LogP contribution < -0.4 is 15.5 Å². The average molecular weight is 542 g/mol. The van der Waals surface area contributed by atoms with E-state index in [1.165, 1.54) is 12.1 Å². The third-order valence-corrected chi connectivity index (χ3v) is 6.93. The second-order valence-electron chi connectivity index (χ2n) is 9.49. The Morgan fingerprint density at radius 1 is 1.05 bits per heavy atom. The van der Waals surface area contributed by atoms with Crippen LogP contribution in [0.1, 0.15) is 29.4 Å². The summed E-state index contributed by atoms with van der Waals surface area (Å²) < 4.78 is 14.3. The number of anilines is 4. The van der Waals surface area contributed by atoms with Crippen molar-refractivity contribution in [1.29, 1.82) is 0 Å². The van der Waals surface area contributed by atoms with Crippen LogP contribution in [-0.4, -0.2) is 87.1 Å². The van der Waals surface area contributed by atoms with Crippen LogP contribution in [0.15, 0.2) is 30.3 Å². The molecule has 3 aromatic rings. The summed E-state index contributed by atoms with van der Waals surface area (Å²) in [7, 11) is 0. The molecule has 2 amide bonds. The van der Waals surface area contributed by atoms with E-state index in [9.17, 15) is 14.0 Å². The van der Waals surface area contributed by atoms with E-state index in [0.717, 1.165) is 17.6 Å². The molecule has 2 fully saturated rings. The van der Waals surface area contributed by atoms with Crippen molar-refractivity contribution in [2.45, 2.75) is 26.3 Å². The number of H-pyrrole nitrogens is 1. The zero-order valence-corrected chi connectivity index (χ0v) is 21.9. The van der Waals surface area contributed by atoms with Crippen LogP contribution in [0.4, 0.5) is 27.8 Å². The van der Waals surface area contributed by atoms with Gasteiger partial charge in [-0.25, -0.2) is 4.39 Å². The number of amides is 2. The maximum Gasteiger partial charge on any atom is 0.256 e. The molecule has 3 N–H and O–H groups in total. The molecule has 0 unspecified atom stereocenters. The van der Waals surface area contributed by atoms with Crippen molar-refractivity contribution < 1.29 is 14.0 Å². The molecule has 4 heterocycles. The van der Waals surface area contributed by atoms with Crippen molar-refractivity contribution in [3.8, 4) is 0 Å². The minimum Gasteiger partial charge on any atom is -0.353 e. The summed E-state index contributed by atoms with van der Waals surface area (Å²) in [6, 6.07) is 7.68. The van der Waals surface area contributed by atoms with Gasteiger partial charge in [-0.2, -0.15) is 15.1 Å². The van der Waals surface area contributed by atoms with Gasteiger partial charge in [0.25, 0.3) is 5.91 Å². The Morgan fingerprint density at radius 2 is 1.84 bits per heavy atom. The standard InChI is InChI=1S/C25H29ClFN9O2/c1-15-11-22(33-32-15)29-21-13-23(35-9-7-34(8-10-35)16(2)37)31-25(30-21)28-18-5-6-36(14-18)24(38)19-4-3-17(26)12-20(19)27/h3-4,11-13,18H,5-10,14H2,1-2H3,(H3,28,29,30,31,32,33)/t18-/m0/s1. The molecular formula is C25H29ClFN9O2. The molecule has 0 spiro atoms. The molecule has 2 aliphatic rings. The number of nitrogens with one attached hydrogen (secondary N) is 3. The highest BCUT2D eigenvalue weighted by atomic mass is 35.5. The van der Waals surface area contributed by atoms with Crippen LogP contribution in [0.25, 0.3) is 0 Å². The van der Waals surface area contributed by atoms with Crippen LogP contribution in [0.3, 0.4) is 0 Å². The lowest BCUT2D eigenvalue weighted by Gasteiger charge is -2.35. The first kappa shape index (κ1) is 25.7. The smallest absolute Gasteiger partial charge is 0.256 e. The Kier molecular flexibility index (Phi) is 7.32. The van der Waals surface area contributed by atoms with Crippen LogP contribution in [-0.2, 0) is 4.79 Å². The van der Waals surface area contributed by atoms with Gasteiger partial charge in [0.15, 0.2) is 5.82 Å². The number of rotatable bonds is 6. The van der Waals surface area contributed by atoms with E-state index in [-0.39, 0.29) is 28.4 Å². The Labute approximate surface area is 224 Å². The largest absolute Gasteiger partial charge is 0.353 e. The normalized spacial score (nSPS) is 17.6. The molecule has 0 radical (unpaired) electrons. The minimum absolute atomic E-state index is 0.00113. The van der Waals surface area contributed by atoms with Crippen LogP contribution in [0.5, 0.6) is 0 Å². The van der Waals surface area contributed by atoms with E-state index in [2.05, 4.69) is 30.7 Å². The van der Waals surface area contributed by atoms with Crippen LogP contribution in [0.2, 0.25) is 5.02 Å². The van der Waals surface area contributed by atoms with Gasteiger partial charge >= 0.3 is 0 Å². The number of likely N-dealkylation sites (tertiary alicyclic amines) is 1. The summed E-state index contributed by atoms with van der Waals surface area (Å²) in [5, 5.41) is 13.9. The van der Waals surface area contributed by atoms with Crippen molar-refractivity contribution in [2.24, 2.45) is 0 Å². The van der Waals surface area contributed by atoms with E-state index < -0.39 is 5.82 Å². The molecule has 11 nitrogen and oxygen atoms in total. The van der Waals surface area contributed by atoms with Crippen molar-refractivity contribution in [1.82, 2.24) is 30.0 Å². The lowest BCUT2D eigenvalue weighted by Crippen LogP contribution is -2.48. The average Bonchev–Trinajstić information content (AvgIpc) is 3.52. The second-order valence-corrected chi connectivity index (χ2v) is 9.93. The summed E-state index contributed by atoms with van der Waals surface area (Å²) in [5.41, 5.74) is 0.909. The second kappa shape index (κ2) is 10.8. The number of carbonyl (C=O) groups excluding carboxylic acids is 2. The number of halogens is 2. The van der Waals surface area contributed by atoms with Gasteiger partial charge in [-0.15, -0.1) is 0 Å². The van der Waals surface area contributed by atoms with Gasteiger partial charge in [0.1, 0.15) is 17.5 Å². The lowest BCUT2D eigenvalue weighted by atomic mass is 10.2. The molecular weight excluding hydrogens is 513 g/mol. The third-order valence-electron chi connectivity index (χ3n) is 6.69. The van der Waals surface area contributed by atoms with E-state index >= 15 is 0 Å². The van der Waals surface area contributed by atoms with Gasteiger partial charge in [0.2, 0.25) is 11.9 Å². The van der Waals surface area contributed by atoms with Crippen molar-refractivity contribution in [2.75, 3.05) is 54.8 Å². The first-order chi connectivity index (χ1) is 18.2. The first-order valence-corrected chi connectivity index (χ1v) is 12.8. The Morgan fingerprint density at radius 3 is 2.53 bits per heavy atom. The lowest BCUT2D eigenvalue weighted by molar-refractivity contribution is -0.129. The number of piperazine rings is 1. The van der Waals surface area contributed by atoms with Crippen molar-refractivity contribution in [3.05, 3.63) is 52.4 Å². The zero-order chi connectivity index (χ0) is 26.8. The zero-order valence-electron chi connectivity index (χ0n) is 21.2. The summed E-state index contributed by atoms with van der Waals surface area (Å²) in [6.07, 6.45) is 0.660. The van der Waals surface area contributed by atoms with E-state index in [1.54, 1.807) is 11.8 Å². The number of hydrogen-bond acceptors (Lipinski definition) is 8. The summed E-state index contributed by atoms with van der Waals surface area (Å²) in [6.45, 7) is 6.87. The van der Waals surface area contributed by atoms with Gasteiger partial charge in [-0.05, 0) is 31.5 Å². The minimum atomic E-state index is -0.635. The summed E-state index contributed by atoms with van der Waals surface area (Å²) in [5.74, 6) is 1.36. The van der Waals surface area contributed by atoms with Crippen LogP contribution in [0, 0.1) is 12.7 Å². The number of hydrogen-bond donors (Lipinski definition) is 3. The van der Waals surface area contributed by atoms with E-state index in [1.807, 2.05) is 24.0 Å². The van der Waals surface area contributed by atoms with E-state index in [0.29, 0.717) is 63.3 Å². The highest BCUT2D eigenvalue weighted by molar-refractivity contribution is 6.30. The topological polar surface area (TPSA) is 122 Å². The summed E-state index contributed by atoms with van der Waals surface area (Å²) >= 11 is 5.83. The SMILES string of the molecule is CC(=O)N1CCN(c2cc(Nc3cc(C)[nH]n3)nc(N[C@H]3CCN(C(=O)c4ccc(Cl)cc4F)C3)n2)CC1. The number of nitrogens with zero attached hydrogens (tertiary/aromatic N) is 6. The number of benzene rings is 1. The van der Waals surface area contributed by atoms with Gasteiger partial charge in [-0.3, -0.25) is 14.7 Å². The van der Waals surface area contributed by atoms with Crippen LogP contribution >= 0.6 is 11.6 Å². The molecule has 38 heavy (non-hydrogen) atoms. The Hall–Kier alpha value is -3.93. The first-order valence-electron chi connectivity index (χ1n) is 12.4. The predicted octanol–water partition coefficient (Wildman–Crippen LogP) is 3.04. The fourth-order valence-electron chi connectivity index (χ4n) is 4.67. The molecule has 0 bridgehead atoms. The van der Waals surface area contributed by atoms with Crippen molar-refractivity contribution in [3.63, 3.8) is 0 Å². The molecule has 1 aromatic carbocycles. The molecule has 2 aliphatic heterocycles. The highest BCUT2D eigenvalue weighted by Gasteiger charge is 2.29. The third kappa shape index (κ3) is 5.80. The molecule has 2 saturated heterocycles. The Balaban J connectivity index is 1.32. The number of aromatic amines is 1. The van der Waals surface area contributed by atoms with Crippen molar-refractivity contribution >= 4 is 46.8 Å². The molecule has 200 valence electrons. The maximum atomic E-state index is 14.3. The predicted molar refractivity (Wildman–Crippen MR) is 142 cm³/mol. The molecule has 1 atom stereocenters. The molecule has 0 aliphatic carbocycles. The highest BCUT2D eigenvalue weighted by Crippen LogP contribution is 2.25. The van der Waals surface area contributed by atoms with E-state index in [4.69, 9.17) is 16.6 Å². The van der Waals surface area contributed by atoms with Gasteiger partial charge in [-0.1, -0.05) is 11.6 Å². The fraction of sp³-hybridized carbons (Fsp3) is 0.400. The number of aromatic nitrogens is 4. The Bertz CT molecular complexity index is 1340. The quantitative estimate of drug-likeness (QED) is 0.435. The number of carbonyl (C=O) groups is 2. The summed E-state index contributed by atoms with van der Waals surface area (Å²) in [4.78, 5) is 39.6. The van der Waals surface area contributed by atoms with Gasteiger partial charge in [0, 0.05) is 75.1 Å². The molecule has 2 aromatic heterocycles. The monoisotopic (exact) mass is 541 g/mol. The molecule has 13 heteroatoms. The number of aryl methyl sites for hydroxylation is 1. The fourth-order valence-corrected chi connectivity index (χ4v) is 4.83. The van der Waals surface area contributed by atoms with Gasteiger partial charge < -0.3 is 25.3 Å². The molecule has 5 rings (SSSR count). The van der Waals surface area contributed by atoms with Gasteiger partial charge in [0.05, 0.1) is 5.56 Å². The molecule has 0 saturated carbocycles. The maximum absolute atomic E-state index is 14.3.